The van der Waals surface area contributed by atoms with Crippen LogP contribution in [0, 0.1) is 0 Å². The molecule has 1 heterocycles. The molecule has 0 saturated heterocycles. The Morgan fingerprint density at radius 3 is 2.74 bits per heavy atom. The maximum atomic E-state index is 5.89. The van der Waals surface area contributed by atoms with Crippen molar-refractivity contribution < 1.29 is 9.47 Å². The Labute approximate surface area is 125 Å². The minimum Gasteiger partial charge on any atom is -0.497 e. The van der Waals surface area contributed by atoms with Gasteiger partial charge in [0.1, 0.15) is 18.1 Å². The van der Waals surface area contributed by atoms with Crippen LogP contribution in [0.1, 0.15) is 11.3 Å². The Morgan fingerprint density at radius 1 is 1.26 bits per heavy atom. The normalized spacial score (nSPS) is 10.3. The molecule has 5 heteroatoms. The molecule has 2 aromatic rings. The molecule has 0 bridgehead atoms. The molecule has 0 aliphatic rings. The van der Waals surface area contributed by atoms with Crippen LogP contribution in [0.2, 0.25) is 0 Å². The molecule has 0 spiro atoms. The monoisotopic (exact) mass is 341 g/mol. The van der Waals surface area contributed by atoms with Gasteiger partial charge in [-0.25, -0.2) is 0 Å². The molecule has 100 valence electrons. The van der Waals surface area contributed by atoms with Gasteiger partial charge in [-0.05, 0) is 34.1 Å². The standard InChI is InChI=1S/C14H13BrClNO2/c1-18-13-5-2-10(7-16)14(6-13)19-9-12-4-3-11(15)8-17-12/h2-6,8H,7,9H2,1H3. The van der Waals surface area contributed by atoms with E-state index in [1.165, 1.54) is 0 Å². The first-order valence-corrected chi connectivity index (χ1v) is 7.02. The van der Waals surface area contributed by atoms with Gasteiger partial charge in [-0.3, -0.25) is 4.98 Å². The maximum Gasteiger partial charge on any atom is 0.130 e. The number of hydrogen-bond donors (Lipinski definition) is 0. The van der Waals surface area contributed by atoms with E-state index >= 15 is 0 Å². The number of nitrogens with zero attached hydrogens (tertiary/aromatic N) is 1. The molecule has 0 aliphatic heterocycles. The third-order valence-corrected chi connectivity index (χ3v) is 3.34. The number of benzene rings is 1. The molecule has 0 saturated carbocycles. The molecule has 0 amide bonds. The summed E-state index contributed by atoms with van der Waals surface area (Å²) in [4.78, 5) is 4.26. The van der Waals surface area contributed by atoms with E-state index < -0.39 is 0 Å². The van der Waals surface area contributed by atoms with Crippen LogP contribution in [0.3, 0.4) is 0 Å². The van der Waals surface area contributed by atoms with Crippen molar-refractivity contribution in [3.8, 4) is 11.5 Å². The lowest BCUT2D eigenvalue weighted by Crippen LogP contribution is -2.00. The van der Waals surface area contributed by atoms with Gasteiger partial charge in [-0.15, -0.1) is 11.6 Å². The lowest BCUT2D eigenvalue weighted by atomic mass is 10.2. The number of methoxy groups -OCH3 is 1. The van der Waals surface area contributed by atoms with Crippen LogP contribution < -0.4 is 9.47 Å². The summed E-state index contributed by atoms with van der Waals surface area (Å²) in [5.41, 5.74) is 1.78. The van der Waals surface area contributed by atoms with Gasteiger partial charge in [0.25, 0.3) is 0 Å². The van der Waals surface area contributed by atoms with Crippen molar-refractivity contribution in [3.05, 3.63) is 52.3 Å². The predicted molar refractivity (Wildman–Crippen MR) is 78.8 cm³/mol. The Kier molecular flexibility index (Phi) is 5.05. The average Bonchev–Trinajstić information content (AvgIpc) is 2.46. The van der Waals surface area contributed by atoms with Crippen molar-refractivity contribution in [1.29, 1.82) is 0 Å². The minimum atomic E-state index is 0.393. The number of pyridine rings is 1. The van der Waals surface area contributed by atoms with E-state index in [9.17, 15) is 0 Å². The van der Waals surface area contributed by atoms with Gasteiger partial charge in [0.05, 0.1) is 18.7 Å². The van der Waals surface area contributed by atoms with Gasteiger partial charge >= 0.3 is 0 Å². The van der Waals surface area contributed by atoms with Crippen LogP contribution in [-0.4, -0.2) is 12.1 Å². The molecular weight excluding hydrogens is 330 g/mol. The number of alkyl halides is 1. The van der Waals surface area contributed by atoms with Gasteiger partial charge < -0.3 is 9.47 Å². The summed E-state index contributed by atoms with van der Waals surface area (Å²) >= 11 is 9.23. The first-order chi connectivity index (χ1) is 9.22. The van der Waals surface area contributed by atoms with Crippen LogP contribution in [0.25, 0.3) is 0 Å². The highest BCUT2D eigenvalue weighted by Gasteiger charge is 2.06. The topological polar surface area (TPSA) is 31.4 Å². The van der Waals surface area contributed by atoms with Crippen LogP contribution in [0.4, 0.5) is 0 Å². The molecular formula is C14H13BrClNO2. The second-order valence-corrected chi connectivity index (χ2v) is 5.05. The first kappa shape index (κ1) is 14.2. The molecule has 0 unspecified atom stereocenters. The van der Waals surface area contributed by atoms with E-state index in [1.807, 2.05) is 30.3 Å². The highest BCUT2D eigenvalue weighted by molar-refractivity contribution is 9.10. The van der Waals surface area contributed by atoms with E-state index in [2.05, 4.69) is 20.9 Å². The van der Waals surface area contributed by atoms with Crippen LogP contribution >= 0.6 is 27.5 Å². The van der Waals surface area contributed by atoms with Gasteiger partial charge in [-0.2, -0.15) is 0 Å². The summed E-state index contributed by atoms with van der Waals surface area (Å²) < 4.78 is 11.9. The number of rotatable bonds is 5. The molecule has 19 heavy (non-hydrogen) atoms. The fourth-order valence-electron chi connectivity index (χ4n) is 1.55. The zero-order valence-corrected chi connectivity index (χ0v) is 12.7. The summed E-state index contributed by atoms with van der Waals surface area (Å²) in [5, 5.41) is 0. The van der Waals surface area contributed by atoms with Crippen molar-refractivity contribution in [1.82, 2.24) is 4.98 Å². The van der Waals surface area contributed by atoms with E-state index in [0.29, 0.717) is 12.5 Å². The van der Waals surface area contributed by atoms with Crippen molar-refractivity contribution in [2.75, 3.05) is 7.11 Å². The largest absolute Gasteiger partial charge is 0.497 e. The molecule has 1 aromatic heterocycles. The third kappa shape index (κ3) is 3.85. The third-order valence-electron chi connectivity index (χ3n) is 2.58. The molecule has 1 aromatic carbocycles. The molecule has 0 radical (unpaired) electrons. The summed E-state index contributed by atoms with van der Waals surface area (Å²) in [6.07, 6.45) is 1.74. The second kappa shape index (κ2) is 6.78. The lowest BCUT2D eigenvalue weighted by molar-refractivity contribution is 0.296. The molecule has 2 rings (SSSR count). The molecule has 0 fully saturated rings. The molecule has 0 N–H and O–H groups in total. The van der Waals surface area contributed by atoms with Crippen LogP contribution in [-0.2, 0) is 12.5 Å². The Morgan fingerprint density at radius 2 is 2.11 bits per heavy atom. The number of ether oxygens (including phenoxy) is 2. The summed E-state index contributed by atoms with van der Waals surface area (Å²) in [6, 6.07) is 9.43. The zero-order valence-electron chi connectivity index (χ0n) is 10.4. The fraction of sp³-hybridized carbons (Fsp3) is 0.214. The molecule has 3 nitrogen and oxygen atoms in total. The predicted octanol–water partition coefficient (Wildman–Crippen LogP) is 4.17. The van der Waals surface area contributed by atoms with Crippen LogP contribution in [0.5, 0.6) is 11.5 Å². The second-order valence-electron chi connectivity index (χ2n) is 3.86. The van der Waals surface area contributed by atoms with Crippen LogP contribution in [0.15, 0.2) is 41.0 Å². The highest BCUT2D eigenvalue weighted by atomic mass is 79.9. The van der Waals surface area contributed by atoms with E-state index in [4.69, 9.17) is 21.1 Å². The Balaban J connectivity index is 2.11. The van der Waals surface area contributed by atoms with Crippen molar-refractivity contribution in [2.24, 2.45) is 0 Å². The molecule has 0 aliphatic carbocycles. The fourth-order valence-corrected chi connectivity index (χ4v) is 2.01. The van der Waals surface area contributed by atoms with E-state index in [-0.39, 0.29) is 0 Å². The quantitative estimate of drug-likeness (QED) is 0.764. The summed E-state index contributed by atoms with van der Waals surface area (Å²) in [7, 11) is 1.62. The number of hydrogen-bond acceptors (Lipinski definition) is 3. The smallest absolute Gasteiger partial charge is 0.130 e. The van der Waals surface area contributed by atoms with Gasteiger partial charge in [0.2, 0.25) is 0 Å². The van der Waals surface area contributed by atoms with Crippen molar-refractivity contribution in [3.63, 3.8) is 0 Å². The number of halogens is 2. The van der Waals surface area contributed by atoms with E-state index in [0.717, 1.165) is 27.2 Å². The number of aromatic nitrogens is 1. The lowest BCUT2D eigenvalue weighted by Gasteiger charge is -2.11. The minimum absolute atomic E-state index is 0.393. The van der Waals surface area contributed by atoms with Gasteiger partial charge in [-0.1, -0.05) is 6.07 Å². The highest BCUT2D eigenvalue weighted by Crippen LogP contribution is 2.26. The van der Waals surface area contributed by atoms with Crippen molar-refractivity contribution >= 4 is 27.5 Å². The van der Waals surface area contributed by atoms with Gasteiger partial charge in [0, 0.05) is 22.3 Å². The van der Waals surface area contributed by atoms with Gasteiger partial charge in [0.15, 0.2) is 0 Å². The first-order valence-electron chi connectivity index (χ1n) is 5.69. The summed E-state index contributed by atoms with van der Waals surface area (Å²) in [6.45, 7) is 0.393. The SMILES string of the molecule is COc1ccc(CCl)c(OCc2ccc(Br)cn2)c1. The zero-order chi connectivity index (χ0) is 13.7. The average molecular weight is 343 g/mol. The van der Waals surface area contributed by atoms with E-state index in [1.54, 1.807) is 13.3 Å². The Bertz CT molecular complexity index is 546. The molecule has 0 atom stereocenters. The maximum absolute atomic E-state index is 5.89. The van der Waals surface area contributed by atoms with Crippen molar-refractivity contribution in [2.45, 2.75) is 12.5 Å². The Hall–Kier alpha value is -1.26. The summed E-state index contributed by atoms with van der Waals surface area (Å²) in [5.74, 6) is 1.86.